The lowest BCUT2D eigenvalue weighted by atomic mass is 10.1. The summed E-state index contributed by atoms with van der Waals surface area (Å²) in [6.45, 7) is 0.679. The molecular formula is C13H14O3. The van der Waals surface area contributed by atoms with E-state index in [1.165, 1.54) is 0 Å². The van der Waals surface area contributed by atoms with Crippen LogP contribution < -0.4 is 0 Å². The van der Waals surface area contributed by atoms with Crippen molar-refractivity contribution in [2.75, 3.05) is 6.61 Å². The Labute approximate surface area is 95.0 Å². The van der Waals surface area contributed by atoms with Gasteiger partial charge in [0.05, 0.1) is 13.2 Å². The molecule has 0 unspecified atom stereocenters. The van der Waals surface area contributed by atoms with Crippen LogP contribution >= 0.6 is 0 Å². The zero-order chi connectivity index (χ0) is 11.4. The molecular weight excluding hydrogens is 204 g/mol. The zero-order valence-electron chi connectivity index (χ0n) is 8.87. The van der Waals surface area contributed by atoms with Crippen LogP contribution in [0.5, 0.6) is 0 Å². The molecule has 1 aromatic rings. The van der Waals surface area contributed by atoms with Gasteiger partial charge in [-0.3, -0.25) is 0 Å². The number of aliphatic hydroxyl groups is 1. The maximum absolute atomic E-state index is 9.62. The van der Waals surface area contributed by atoms with Crippen LogP contribution in [0, 0.1) is 12.3 Å². The highest BCUT2D eigenvalue weighted by molar-refractivity contribution is 5.14. The van der Waals surface area contributed by atoms with Gasteiger partial charge in [-0.15, -0.1) is 6.42 Å². The quantitative estimate of drug-likeness (QED) is 0.768. The first-order valence-electron chi connectivity index (χ1n) is 5.22. The zero-order valence-corrected chi connectivity index (χ0v) is 8.87. The van der Waals surface area contributed by atoms with Crippen LogP contribution in [0.2, 0.25) is 0 Å². The van der Waals surface area contributed by atoms with Crippen LogP contribution in [0.1, 0.15) is 5.56 Å². The standard InChI is InChI=1S/C13H14O3/c1-2-12-13(11(14)9-15-12)16-8-10-6-4-3-5-7-10/h1,3-7,11-14H,8-9H2/t11-,12+,13+/m0/s1. The lowest BCUT2D eigenvalue weighted by Crippen LogP contribution is -2.32. The van der Waals surface area contributed by atoms with Crippen molar-refractivity contribution in [1.82, 2.24) is 0 Å². The summed E-state index contributed by atoms with van der Waals surface area (Å²) in [5.74, 6) is 2.47. The lowest BCUT2D eigenvalue weighted by molar-refractivity contribution is -0.0317. The predicted octanol–water partition coefficient (Wildman–Crippen LogP) is 0.965. The van der Waals surface area contributed by atoms with Crippen LogP contribution in [0.15, 0.2) is 30.3 Å². The van der Waals surface area contributed by atoms with Crippen molar-refractivity contribution in [3.05, 3.63) is 35.9 Å². The Morgan fingerprint density at radius 3 is 2.88 bits per heavy atom. The highest BCUT2D eigenvalue weighted by Gasteiger charge is 2.35. The molecule has 0 radical (unpaired) electrons. The van der Waals surface area contributed by atoms with Gasteiger partial charge in [0.1, 0.15) is 18.3 Å². The van der Waals surface area contributed by atoms with E-state index in [0.717, 1.165) is 5.56 Å². The number of hydrogen-bond donors (Lipinski definition) is 1. The monoisotopic (exact) mass is 218 g/mol. The predicted molar refractivity (Wildman–Crippen MR) is 59.6 cm³/mol. The molecule has 1 aromatic carbocycles. The number of rotatable bonds is 3. The summed E-state index contributed by atoms with van der Waals surface area (Å²) in [6.07, 6.45) is 3.78. The molecule has 3 nitrogen and oxygen atoms in total. The minimum absolute atomic E-state index is 0.244. The van der Waals surface area contributed by atoms with E-state index in [0.29, 0.717) is 6.61 Å². The molecule has 3 heteroatoms. The molecule has 1 fully saturated rings. The van der Waals surface area contributed by atoms with Gasteiger partial charge in [-0.05, 0) is 5.56 Å². The summed E-state index contributed by atoms with van der Waals surface area (Å²) < 4.78 is 10.8. The van der Waals surface area contributed by atoms with Crippen molar-refractivity contribution in [3.63, 3.8) is 0 Å². The summed E-state index contributed by atoms with van der Waals surface area (Å²) in [5, 5.41) is 9.62. The summed E-state index contributed by atoms with van der Waals surface area (Å²) in [6, 6.07) is 9.76. The third-order valence-electron chi connectivity index (χ3n) is 2.57. The van der Waals surface area contributed by atoms with Gasteiger partial charge in [0, 0.05) is 0 Å². The Morgan fingerprint density at radius 2 is 2.19 bits per heavy atom. The Morgan fingerprint density at radius 1 is 1.44 bits per heavy atom. The van der Waals surface area contributed by atoms with Gasteiger partial charge in [-0.25, -0.2) is 0 Å². The van der Waals surface area contributed by atoms with Gasteiger partial charge in [-0.2, -0.15) is 0 Å². The Bertz CT molecular complexity index is 369. The van der Waals surface area contributed by atoms with Gasteiger partial charge < -0.3 is 14.6 Å². The third kappa shape index (κ3) is 2.42. The third-order valence-corrected chi connectivity index (χ3v) is 2.57. The Balaban J connectivity index is 1.92. The van der Waals surface area contributed by atoms with E-state index in [1.807, 2.05) is 30.3 Å². The highest BCUT2D eigenvalue weighted by atomic mass is 16.6. The van der Waals surface area contributed by atoms with E-state index in [2.05, 4.69) is 5.92 Å². The number of aliphatic hydroxyl groups excluding tert-OH is 1. The first-order valence-corrected chi connectivity index (χ1v) is 5.22. The lowest BCUT2D eigenvalue weighted by Gasteiger charge is -2.17. The average molecular weight is 218 g/mol. The van der Waals surface area contributed by atoms with Gasteiger partial charge in [0.15, 0.2) is 0 Å². The largest absolute Gasteiger partial charge is 0.388 e. The van der Waals surface area contributed by atoms with Crippen LogP contribution in [0.4, 0.5) is 0 Å². The van der Waals surface area contributed by atoms with Crippen LogP contribution in [-0.2, 0) is 16.1 Å². The van der Waals surface area contributed by atoms with Crippen LogP contribution in [0.25, 0.3) is 0 Å². The van der Waals surface area contributed by atoms with Crippen molar-refractivity contribution < 1.29 is 14.6 Å². The fourth-order valence-electron chi connectivity index (χ4n) is 1.70. The molecule has 3 atom stereocenters. The number of terminal acetylenes is 1. The average Bonchev–Trinajstić information content (AvgIpc) is 2.69. The molecule has 0 spiro atoms. The van der Waals surface area contributed by atoms with E-state index >= 15 is 0 Å². The smallest absolute Gasteiger partial charge is 0.146 e. The topological polar surface area (TPSA) is 38.7 Å². The fraction of sp³-hybridized carbons (Fsp3) is 0.385. The molecule has 0 amide bonds. The molecule has 0 saturated carbocycles. The molecule has 1 heterocycles. The minimum atomic E-state index is -0.634. The van der Waals surface area contributed by atoms with Crippen molar-refractivity contribution >= 4 is 0 Å². The normalized spacial score (nSPS) is 28.9. The first-order chi connectivity index (χ1) is 7.81. The minimum Gasteiger partial charge on any atom is -0.388 e. The molecule has 1 N–H and O–H groups in total. The number of benzene rings is 1. The van der Waals surface area contributed by atoms with E-state index in [9.17, 15) is 5.11 Å². The van der Waals surface area contributed by atoms with E-state index < -0.39 is 18.3 Å². The second kappa shape index (κ2) is 5.13. The summed E-state index contributed by atoms with van der Waals surface area (Å²) in [7, 11) is 0. The second-order valence-corrected chi connectivity index (χ2v) is 3.75. The second-order valence-electron chi connectivity index (χ2n) is 3.75. The molecule has 0 bridgehead atoms. The number of ether oxygens (including phenoxy) is 2. The van der Waals surface area contributed by atoms with E-state index in [-0.39, 0.29) is 6.61 Å². The van der Waals surface area contributed by atoms with Crippen molar-refractivity contribution in [2.24, 2.45) is 0 Å². The molecule has 16 heavy (non-hydrogen) atoms. The maximum Gasteiger partial charge on any atom is 0.146 e. The van der Waals surface area contributed by atoms with Gasteiger partial charge >= 0.3 is 0 Å². The molecule has 1 aliphatic rings. The highest BCUT2D eigenvalue weighted by Crippen LogP contribution is 2.18. The van der Waals surface area contributed by atoms with Crippen molar-refractivity contribution in [1.29, 1.82) is 0 Å². The van der Waals surface area contributed by atoms with Crippen LogP contribution in [-0.4, -0.2) is 30.0 Å². The molecule has 0 aliphatic carbocycles. The van der Waals surface area contributed by atoms with Gasteiger partial charge in [0.2, 0.25) is 0 Å². The Kier molecular flexibility index (Phi) is 3.58. The van der Waals surface area contributed by atoms with Crippen molar-refractivity contribution in [2.45, 2.75) is 24.9 Å². The summed E-state index contributed by atoms with van der Waals surface area (Å²) in [5.41, 5.74) is 1.05. The van der Waals surface area contributed by atoms with Gasteiger partial charge in [0.25, 0.3) is 0 Å². The van der Waals surface area contributed by atoms with Crippen molar-refractivity contribution in [3.8, 4) is 12.3 Å². The number of hydrogen-bond acceptors (Lipinski definition) is 3. The molecule has 1 saturated heterocycles. The maximum atomic E-state index is 9.62. The SMILES string of the molecule is C#C[C@H]1OC[C@H](O)[C@H]1OCc1ccccc1. The Hall–Kier alpha value is -1.34. The van der Waals surface area contributed by atoms with E-state index in [4.69, 9.17) is 15.9 Å². The summed E-state index contributed by atoms with van der Waals surface area (Å²) >= 11 is 0. The molecule has 1 aliphatic heterocycles. The fourth-order valence-corrected chi connectivity index (χ4v) is 1.70. The van der Waals surface area contributed by atoms with Crippen LogP contribution in [0.3, 0.4) is 0 Å². The summed E-state index contributed by atoms with van der Waals surface area (Å²) in [4.78, 5) is 0. The molecule has 2 rings (SSSR count). The first kappa shape index (κ1) is 11.2. The van der Waals surface area contributed by atoms with E-state index in [1.54, 1.807) is 0 Å². The molecule has 0 aromatic heterocycles. The van der Waals surface area contributed by atoms with Gasteiger partial charge in [-0.1, -0.05) is 36.3 Å². The molecule has 84 valence electrons.